The van der Waals surface area contributed by atoms with Gasteiger partial charge in [-0.25, -0.2) is 4.68 Å². The van der Waals surface area contributed by atoms with Crippen LogP contribution in [0.1, 0.15) is 18.9 Å². The summed E-state index contributed by atoms with van der Waals surface area (Å²) in [5, 5.41) is 25.5. The summed E-state index contributed by atoms with van der Waals surface area (Å²) < 4.78 is 7.09. The Labute approximate surface area is 159 Å². The minimum atomic E-state index is -0.555. The van der Waals surface area contributed by atoms with Crippen LogP contribution in [-0.2, 0) is 4.79 Å². The van der Waals surface area contributed by atoms with Crippen molar-refractivity contribution in [2.75, 3.05) is 11.9 Å². The van der Waals surface area contributed by atoms with Gasteiger partial charge in [0.05, 0.1) is 11.0 Å². The van der Waals surface area contributed by atoms with E-state index in [1.807, 2.05) is 6.07 Å². The van der Waals surface area contributed by atoms with Crippen LogP contribution >= 0.6 is 0 Å². The molecule has 2 aromatic carbocycles. The van der Waals surface area contributed by atoms with Crippen LogP contribution in [0, 0.1) is 10.1 Å². The van der Waals surface area contributed by atoms with Crippen LogP contribution in [0.25, 0.3) is 11.4 Å². The molecule has 0 atom stereocenters. The normalized spacial score (nSPS) is 13.1. The predicted octanol–water partition coefficient (Wildman–Crippen LogP) is 2.60. The third kappa shape index (κ3) is 3.80. The van der Waals surface area contributed by atoms with Crippen LogP contribution in [0.5, 0.6) is 5.75 Å². The fourth-order valence-corrected chi connectivity index (χ4v) is 2.76. The predicted molar refractivity (Wildman–Crippen MR) is 98.7 cm³/mol. The van der Waals surface area contributed by atoms with Crippen LogP contribution in [0.3, 0.4) is 0 Å². The Morgan fingerprint density at radius 2 is 2.07 bits per heavy atom. The molecular weight excluding hydrogens is 364 g/mol. The van der Waals surface area contributed by atoms with Gasteiger partial charge in [-0.15, -0.1) is 5.10 Å². The second kappa shape index (κ2) is 7.43. The van der Waals surface area contributed by atoms with Crippen molar-refractivity contribution in [1.29, 1.82) is 0 Å². The van der Waals surface area contributed by atoms with Crippen molar-refractivity contribution in [2.24, 2.45) is 0 Å². The van der Waals surface area contributed by atoms with E-state index >= 15 is 0 Å². The van der Waals surface area contributed by atoms with E-state index in [1.54, 1.807) is 28.9 Å². The Bertz CT molecular complexity index is 1030. The average molecular weight is 380 g/mol. The molecule has 10 heteroatoms. The number of anilines is 1. The third-order valence-corrected chi connectivity index (χ3v) is 4.21. The first kappa shape index (κ1) is 17.6. The third-order valence-electron chi connectivity index (χ3n) is 4.21. The topological polar surface area (TPSA) is 125 Å². The van der Waals surface area contributed by atoms with Gasteiger partial charge < -0.3 is 10.1 Å². The van der Waals surface area contributed by atoms with E-state index in [4.69, 9.17) is 4.74 Å². The van der Waals surface area contributed by atoms with E-state index in [0.717, 1.165) is 18.4 Å². The molecule has 0 saturated heterocycles. The van der Waals surface area contributed by atoms with Crippen LogP contribution in [0.4, 0.5) is 11.4 Å². The highest BCUT2D eigenvalue weighted by Gasteiger charge is 2.28. The van der Waals surface area contributed by atoms with E-state index in [0.29, 0.717) is 17.6 Å². The number of hydrogen-bond donors (Lipinski definition) is 1. The quantitative estimate of drug-likeness (QED) is 0.493. The second-order valence-corrected chi connectivity index (χ2v) is 6.32. The number of aromatic nitrogens is 4. The number of hydrogen-bond acceptors (Lipinski definition) is 7. The molecule has 10 nitrogen and oxygen atoms in total. The number of rotatable bonds is 7. The molecule has 1 N–H and O–H groups in total. The minimum absolute atomic E-state index is 0.0417. The molecular formula is C18H16N6O4. The number of nitro groups is 1. The Kier molecular flexibility index (Phi) is 4.67. The van der Waals surface area contributed by atoms with Gasteiger partial charge in [-0.2, -0.15) is 0 Å². The van der Waals surface area contributed by atoms with Crippen molar-refractivity contribution in [3.63, 3.8) is 0 Å². The SMILES string of the molecule is O=C(COc1ccccc1[N+](=O)[O-])Nc1cccc(-c2nnnn2C2CC2)c1. The molecule has 3 aromatic rings. The van der Waals surface area contributed by atoms with Gasteiger partial charge in [0.25, 0.3) is 5.91 Å². The van der Waals surface area contributed by atoms with Gasteiger partial charge in [0.2, 0.25) is 0 Å². The lowest BCUT2D eigenvalue weighted by molar-refractivity contribution is -0.385. The van der Waals surface area contributed by atoms with Gasteiger partial charge in [-0.1, -0.05) is 24.3 Å². The van der Waals surface area contributed by atoms with E-state index < -0.39 is 10.8 Å². The molecule has 1 aromatic heterocycles. The monoisotopic (exact) mass is 380 g/mol. The number of benzene rings is 2. The fourth-order valence-electron chi connectivity index (χ4n) is 2.76. The van der Waals surface area contributed by atoms with Gasteiger partial charge in [0.1, 0.15) is 0 Å². The summed E-state index contributed by atoms with van der Waals surface area (Å²) in [5.74, 6) is 0.256. The Morgan fingerprint density at radius 3 is 2.86 bits per heavy atom. The first-order valence-corrected chi connectivity index (χ1v) is 8.66. The zero-order valence-electron chi connectivity index (χ0n) is 14.7. The lowest BCUT2D eigenvalue weighted by Gasteiger charge is -2.09. The summed E-state index contributed by atoms with van der Waals surface area (Å²) in [6.45, 7) is -0.352. The van der Waals surface area contributed by atoms with Crippen molar-refractivity contribution in [3.8, 4) is 17.1 Å². The van der Waals surface area contributed by atoms with Crippen LogP contribution in [-0.4, -0.2) is 37.6 Å². The van der Waals surface area contributed by atoms with E-state index in [2.05, 4.69) is 20.8 Å². The van der Waals surface area contributed by atoms with Crippen LogP contribution < -0.4 is 10.1 Å². The fraction of sp³-hybridized carbons (Fsp3) is 0.222. The molecule has 142 valence electrons. The molecule has 4 rings (SSSR count). The Hall–Kier alpha value is -3.82. The number of nitro benzene ring substituents is 1. The van der Waals surface area contributed by atoms with Crippen LogP contribution in [0.15, 0.2) is 48.5 Å². The molecule has 0 aliphatic heterocycles. The maximum Gasteiger partial charge on any atom is 0.310 e. The van der Waals surface area contributed by atoms with Crippen molar-refractivity contribution in [2.45, 2.75) is 18.9 Å². The van der Waals surface area contributed by atoms with E-state index in [9.17, 15) is 14.9 Å². The summed E-state index contributed by atoms with van der Waals surface area (Å²) in [6.07, 6.45) is 2.11. The molecule has 0 bridgehead atoms. The summed E-state index contributed by atoms with van der Waals surface area (Å²) in [6, 6.07) is 13.4. The molecule has 1 aliphatic rings. The van der Waals surface area contributed by atoms with Gasteiger partial charge in [-0.3, -0.25) is 14.9 Å². The molecule has 1 aliphatic carbocycles. The maximum atomic E-state index is 12.2. The van der Waals surface area contributed by atoms with Gasteiger partial charge in [0, 0.05) is 17.3 Å². The molecule has 0 radical (unpaired) electrons. The molecule has 0 spiro atoms. The number of ether oxygens (including phenoxy) is 1. The lowest BCUT2D eigenvalue weighted by atomic mass is 10.2. The van der Waals surface area contributed by atoms with Gasteiger partial charge in [0.15, 0.2) is 18.2 Å². The summed E-state index contributed by atoms with van der Waals surface area (Å²) in [5.41, 5.74) is 1.15. The largest absolute Gasteiger partial charge is 0.477 e. The van der Waals surface area contributed by atoms with E-state index in [-0.39, 0.29) is 18.0 Å². The zero-order chi connectivity index (χ0) is 19.5. The number of carbonyl (C=O) groups excluding carboxylic acids is 1. The standard InChI is InChI=1S/C18H16N6O4/c25-17(11-28-16-7-2-1-6-15(16)24(26)27)19-13-5-3-4-12(10-13)18-20-21-22-23(18)14-8-9-14/h1-7,10,14H,8-9,11H2,(H,19,25). The minimum Gasteiger partial charge on any atom is -0.477 e. The van der Waals surface area contributed by atoms with E-state index in [1.165, 1.54) is 18.2 Å². The smallest absolute Gasteiger partial charge is 0.310 e. The number of nitrogens with one attached hydrogen (secondary N) is 1. The van der Waals surface area contributed by atoms with Crippen molar-refractivity contribution in [1.82, 2.24) is 20.2 Å². The molecule has 1 fully saturated rings. The summed E-state index contributed by atoms with van der Waals surface area (Å²) in [7, 11) is 0. The lowest BCUT2D eigenvalue weighted by Crippen LogP contribution is -2.20. The van der Waals surface area contributed by atoms with Gasteiger partial charge in [-0.05, 0) is 41.5 Å². The van der Waals surface area contributed by atoms with Gasteiger partial charge >= 0.3 is 5.69 Å². The molecule has 1 amide bonds. The Balaban J connectivity index is 1.43. The number of tetrazole rings is 1. The number of amides is 1. The highest BCUT2D eigenvalue weighted by atomic mass is 16.6. The highest BCUT2D eigenvalue weighted by Crippen LogP contribution is 2.36. The van der Waals surface area contributed by atoms with Crippen molar-refractivity contribution in [3.05, 3.63) is 58.6 Å². The summed E-state index contributed by atoms with van der Waals surface area (Å²) >= 11 is 0. The first-order valence-electron chi connectivity index (χ1n) is 8.66. The number of para-hydroxylation sites is 2. The average Bonchev–Trinajstić information content (AvgIpc) is 3.43. The molecule has 28 heavy (non-hydrogen) atoms. The highest BCUT2D eigenvalue weighted by molar-refractivity contribution is 5.92. The molecule has 0 unspecified atom stereocenters. The Morgan fingerprint density at radius 1 is 1.25 bits per heavy atom. The maximum absolute atomic E-state index is 12.2. The first-order chi connectivity index (χ1) is 13.6. The number of nitrogens with zero attached hydrogens (tertiary/aromatic N) is 5. The van der Waals surface area contributed by atoms with Crippen LogP contribution in [0.2, 0.25) is 0 Å². The van der Waals surface area contributed by atoms with Crippen molar-refractivity contribution < 1.29 is 14.5 Å². The summed E-state index contributed by atoms with van der Waals surface area (Å²) in [4.78, 5) is 22.6. The number of carbonyl (C=O) groups is 1. The van der Waals surface area contributed by atoms with Crippen molar-refractivity contribution >= 4 is 17.3 Å². The molecule has 1 saturated carbocycles. The molecule has 1 heterocycles. The zero-order valence-corrected chi connectivity index (χ0v) is 14.7. The second-order valence-electron chi connectivity index (χ2n) is 6.32.